The molecule has 2 aromatic carbocycles. The zero-order valence-electron chi connectivity index (χ0n) is 17.8. The summed E-state index contributed by atoms with van der Waals surface area (Å²) in [5.74, 6) is 0.603. The summed E-state index contributed by atoms with van der Waals surface area (Å²) in [7, 11) is 9.75. The van der Waals surface area contributed by atoms with Gasteiger partial charge in [0.1, 0.15) is 0 Å². The number of carbonyl (C=O) groups is 1. The maximum atomic E-state index is 12.9. The Morgan fingerprint density at radius 2 is 1.47 bits per heavy atom. The van der Waals surface area contributed by atoms with Crippen LogP contribution in [0.15, 0.2) is 39.9 Å². The van der Waals surface area contributed by atoms with Gasteiger partial charge in [-0.25, -0.2) is 0 Å². The number of ether oxygens (including phenoxy) is 2. The van der Waals surface area contributed by atoms with Crippen LogP contribution in [-0.2, 0) is 14.1 Å². The highest BCUT2D eigenvalue weighted by molar-refractivity contribution is 6.07. The Morgan fingerprint density at radius 1 is 0.900 bits per heavy atom. The fraction of sp³-hybridized carbons (Fsp3) is 0.286. The first kappa shape index (κ1) is 21.0. The number of nitrogens with zero attached hydrogens (tertiary/aromatic N) is 3. The minimum Gasteiger partial charge on any atom is -0.493 e. The molecule has 0 unspecified atom stereocenters. The summed E-state index contributed by atoms with van der Waals surface area (Å²) < 4.78 is 13.1. The number of amides is 1. The summed E-state index contributed by atoms with van der Waals surface area (Å²) in [6.45, 7) is 0. The average molecular weight is 412 g/mol. The summed E-state index contributed by atoms with van der Waals surface area (Å²) in [4.78, 5) is 39.1. The standard InChI is InChI=1S/C21H24N4O5/c1-23(2)14-11-16-15(24(3)20(27)21(28)25(16)4)10-13(14)22-19(26)12-7-8-17(29-5)18(9-12)30-6/h7-11H,1-6H3,(H,22,26). The number of hydrogen-bond donors (Lipinski definition) is 1. The lowest BCUT2D eigenvalue weighted by molar-refractivity contribution is 0.102. The van der Waals surface area contributed by atoms with Gasteiger partial charge in [0.05, 0.1) is 36.6 Å². The molecule has 0 aliphatic heterocycles. The Hall–Kier alpha value is -3.75. The van der Waals surface area contributed by atoms with Crippen molar-refractivity contribution in [1.29, 1.82) is 0 Å². The molecule has 0 radical (unpaired) electrons. The Balaban J connectivity index is 2.13. The third kappa shape index (κ3) is 3.49. The molecule has 0 fully saturated rings. The topological polar surface area (TPSA) is 94.8 Å². The van der Waals surface area contributed by atoms with Gasteiger partial charge < -0.3 is 28.8 Å². The highest BCUT2D eigenvalue weighted by Crippen LogP contribution is 2.31. The van der Waals surface area contributed by atoms with Gasteiger partial charge in [-0.3, -0.25) is 14.4 Å². The van der Waals surface area contributed by atoms with Gasteiger partial charge in [-0.1, -0.05) is 0 Å². The molecule has 0 aliphatic rings. The molecule has 3 rings (SSSR count). The number of rotatable bonds is 5. The van der Waals surface area contributed by atoms with Crippen LogP contribution in [0.2, 0.25) is 0 Å². The maximum Gasteiger partial charge on any atom is 0.316 e. The fourth-order valence-corrected chi connectivity index (χ4v) is 3.25. The lowest BCUT2D eigenvalue weighted by atomic mass is 10.1. The Morgan fingerprint density at radius 3 is 2.00 bits per heavy atom. The van der Waals surface area contributed by atoms with Crippen molar-refractivity contribution in [3.05, 3.63) is 56.6 Å². The highest BCUT2D eigenvalue weighted by atomic mass is 16.5. The van der Waals surface area contributed by atoms with Crippen LogP contribution in [-0.4, -0.2) is 43.4 Å². The second kappa shape index (κ2) is 7.94. The Kier molecular flexibility index (Phi) is 5.55. The first-order valence-corrected chi connectivity index (χ1v) is 9.14. The number of methoxy groups -OCH3 is 2. The minimum absolute atomic E-state index is 0.353. The van der Waals surface area contributed by atoms with E-state index in [-0.39, 0.29) is 5.91 Å². The largest absolute Gasteiger partial charge is 0.493 e. The smallest absolute Gasteiger partial charge is 0.316 e. The van der Waals surface area contributed by atoms with Crippen molar-refractivity contribution in [2.75, 3.05) is 38.5 Å². The van der Waals surface area contributed by atoms with Crippen LogP contribution in [0.5, 0.6) is 11.5 Å². The van der Waals surface area contributed by atoms with E-state index >= 15 is 0 Å². The SMILES string of the molecule is COc1ccc(C(=O)Nc2cc3c(cc2N(C)C)n(C)c(=O)c(=O)n3C)cc1OC. The summed E-state index contributed by atoms with van der Waals surface area (Å²) in [5, 5.41) is 2.89. The molecule has 0 atom stereocenters. The van der Waals surface area contributed by atoms with E-state index in [9.17, 15) is 14.4 Å². The van der Waals surface area contributed by atoms with Crippen LogP contribution in [0.4, 0.5) is 11.4 Å². The van der Waals surface area contributed by atoms with E-state index < -0.39 is 11.1 Å². The van der Waals surface area contributed by atoms with E-state index in [1.165, 1.54) is 30.4 Å². The molecular formula is C21H24N4O5. The molecule has 0 bridgehead atoms. The van der Waals surface area contributed by atoms with E-state index in [0.717, 1.165) is 0 Å². The van der Waals surface area contributed by atoms with Crippen LogP contribution in [0, 0.1) is 0 Å². The molecule has 158 valence electrons. The maximum absolute atomic E-state index is 12.9. The number of nitrogens with one attached hydrogen (secondary N) is 1. The van der Waals surface area contributed by atoms with E-state index in [1.807, 2.05) is 19.0 Å². The molecule has 0 aliphatic carbocycles. The quantitative estimate of drug-likeness (QED) is 0.640. The van der Waals surface area contributed by atoms with Crippen LogP contribution in [0.3, 0.4) is 0 Å². The van der Waals surface area contributed by atoms with Crippen molar-refractivity contribution in [3.8, 4) is 11.5 Å². The Bertz CT molecular complexity index is 1260. The van der Waals surface area contributed by atoms with E-state index in [2.05, 4.69) is 5.32 Å². The van der Waals surface area contributed by atoms with Crippen molar-refractivity contribution in [1.82, 2.24) is 9.13 Å². The van der Waals surface area contributed by atoms with Gasteiger partial charge in [0.15, 0.2) is 11.5 Å². The van der Waals surface area contributed by atoms with Gasteiger partial charge in [0, 0.05) is 33.8 Å². The molecule has 0 saturated heterocycles. The van der Waals surface area contributed by atoms with Gasteiger partial charge in [0.2, 0.25) is 0 Å². The van der Waals surface area contributed by atoms with Crippen molar-refractivity contribution < 1.29 is 14.3 Å². The number of benzene rings is 2. The average Bonchev–Trinajstić information content (AvgIpc) is 2.75. The molecular weight excluding hydrogens is 388 g/mol. The van der Waals surface area contributed by atoms with Gasteiger partial charge in [0.25, 0.3) is 5.91 Å². The number of aryl methyl sites for hydroxylation is 2. The van der Waals surface area contributed by atoms with Gasteiger partial charge in [-0.05, 0) is 30.3 Å². The normalized spacial score (nSPS) is 10.7. The zero-order valence-corrected chi connectivity index (χ0v) is 17.8. The number of carbonyl (C=O) groups excluding carboxylic acids is 1. The minimum atomic E-state index is -0.639. The van der Waals surface area contributed by atoms with Crippen molar-refractivity contribution >= 4 is 28.3 Å². The van der Waals surface area contributed by atoms with Crippen LogP contribution in [0.25, 0.3) is 11.0 Å². The van der Waals surface area contributed by atoms with E-state index in [4.69, 9.17) is 9.47 Å². The monoisotopic (exact) mass is 412 g/mol. The summed E-state index contributed by atoms with van der Waals surface area (Å²) in [6.07, 6.45) is 0. The van der Waals surface area contributed by atoms with Crippen LogP contribution in [0.1, 0.15) is 10.4 Å². The van der Waals surface area contributed by atoms with Crippen molar-refractivity contribution in [2.45, 2.75) is 0 Å². The molecule has 30 heavy (non-hydrogen) atoms. The zero-order chi connectivity index (χ0) is 22.2. The number of hydrogen-bond acceptors (Lipinski definition) is 6. The molecule has 1 aromatic heterocycles. The molecule has 9 heteroatoms. The molecule has 1 heterocycles. The Labute approximate surface area is 173 Å². The molecule has 1 amide bonds. The van der Waals surface area contributed by atoms with Gasteiger partial charge >= 0.3 is 11.1 Å². The molecule has 1 N–H and O–H groups in total. The van der Waals surface area contributed by atoms with Crippen LogP contribution < -0.4 is 30.8 Å². The van der Waals surface area contributed by atoms with E-state index in [0.29, 0.717) is 39.5 Å². The molecule has 0 spiro atoms. The predicted octanol–water partition coefficient (Wildman–Crippen LogP) is 1.57. The molecule has 0 saturated carbocycles. The number of anilines is 2. The lowest BCUT2D eigenvalue weighted by Crippen LogP contribution is -2.39. The van der Waals surface area contributed by atoms with Gasteiger partial charge in [-0.15, -0.1) is 0 Å². The van der Waals surface area contributed by atoms with E-state index in [1.54, 1.807) is 37.4 Å². The summed E-state index contributed by atoms with van der Waals surface area (Å²) in [6, 6.07) is 8.32. The van der Waals surface area contributed by atoms with Crippen molar-refractivity contribution in [3.63, 3.8) is 0 Å². The molecule has 3 aromatic rings. The van der Waals surface area contributed by atoms with Crippen molar-refractivity contribution in [2.24, 2.45) is 14.1 Å². The third-order valence-corrected chi connectivity index (χ3v) is 4.98. The second-order valence-electron chi connectivity index (χ2n) is 7.00. The highest BCUT2D eigenvalue weighted by Gasteiger charge is 2.17. The first-order valence-electron chi connectivity index (χ1n) is 9.14. The number of aromatic nitrogens is 2. The van der Waals surface area contributed by atoms with Gasteiger partial charge in [-0.2, -0.15) is 0 Å². The third-order valence-electron chi connectivity index (χ3n) is 4.98. The fourth-order valence-electron chi connectivity index (χ4n) is 3.25. The summed E-state index contributed by atoms with van der Waals surface area (Å²) in [5.41, 5.74) is 1.42. The lowest BCUT2D eigenvalue weighted by Gasteiger charge is -2.21. The predicted molar refractivity (Wildman–Crippen MR) is 116 cm³/mol. The summed E-state index contributed by atoms with van der Waals surface area (Å²) >= 11 is 0. The second-order valence-corrected chi connectivity index (χ2v) is 7.00. The number of fused-ring (bicyclic) bond motifs is 1. The first-order chi connectivity index (χ1) is 14.2. The molecule has 9 nitrogen and oxygen atoms in total. The van der Waals surface area contributed by atoms with Crippen LogP contribution >= 0.6 is 0 Å².